The number of nitrogens with zero attached hydrogens (tertiary/aromatic N) is 1. The quantitative estimate of drug-likeness (QED) is 0.671. The van der Waals surface area contributed by atoms with E-state index >= 15 is 0 Å². The lowest BCUT2D eigenvalue weighted by atomic mass is 10.2. The third-order valence-corrected chi connectivity index (χ3v) is 4.17. The summed E-state index contributed by atoms with van der Waals surface area (Å²) < 4.78 is 25.4. The van der Waals surface area contributed by atoms with E-state index in [1.165, 1.54) is 6.92 Å². The number of aromatic amines is 1. The van der Waals surface area contributed by atoms with Gasteiger partial charge < -0.3 is 10.3 Å². The number of aromatic nitrogens is 2. The maximum absolute atomic E-state index is 11.9. The second kappa shape index (κ2) is 6.67. The molecule has 0 bridgehead atoms. The van der Waals surface area contributed by atoms with Crippen molar-refractivity contribution in [3.8, 4) is 0 Å². The molecule has 1 rings (SSSR count). The molecule has 0 saturated carbocycles. The van der Waals surface area contributed by atoms with Crippen LogP contribution in [0.2, 0.25) is 0 Å². The number of hydrogen-bond acceptors (Lipinski definition) is 4. The number of hydrogen-bond donors (Lipinski definition) is 3. The Labute approximate surface area is 113 Å². The Balaban J connectivity index is 2.54. The van der Waals surface area contributed by atoms with Crippen LogP contribution in [0.3, 0.4) is 0 Å². The van der Waals surface area contributed by atoms with Gasteiger partial charge in [0, 0.05) is 12.4 Å². The van der Waals surface area contributed by atoms with Crippen LogP contribution in [0.15, 0.2) is 12.4 Å². The predicted molar refractivity (Wildman–Crippen MR) is 71.8 cm³/mol. The van der Waals surface area contributed by atoms with Gasteiger partial charge in [0.2, 0.25) is 15.9 Å². The van der Waals surface area contributed by atoms with Crippen LogP contribution in [0.1, 0.15) is 39.1 Å². The maximum Gasteiger partial charge on any atom is 0.238 e. The van der Waals surface area contributed by atoms with Crippen molar-refractivity contribution in [2.45, 2.75) is 39.3 Å². The lowest BCUT2D eigenvalue weighted by Gasteiger charge is -2.17. The number of H-pyrrole nitrogens is 1. The third kappa shape index (κ3) is 4.99. The standard InChI is InChI=1S/C11H20N4O3S/c1-4-7-19(17,18)15-9(3)11(16)14-8(2)10-12-5-6-13-10/h5-6,8-9,15H,4,7H2,1-3H3,(H,12,13)(H,14,16). The predicted octanol–water partition coefficient (Wildman–Crippen LogP) is 0.305. The summed E-state index contributed by atoms with van der Waals surface area (Å²) in [4.78, 5) is 18.8. The molecule has 108 valence electrons. The summed E-state index contributed by atoms with van der Waals surface area (Å²) in [6.07, 6.45) is 3.75. The Kier molecular flexibility index (Phi) is 5.49. The molecule has 2 atom stereocenters. The number of nitrogens with one attached hydrogen (secondary N) is 3. The molecule has 0 aliphatic carbocycles. The molecule has 1 aromatic rings. The largest absolute Gasteiger partial charge is 0.347 e. The summed E-state index contributed by atoms with van der Waals surface area (Å²) in [5, 5.41) is 2.69. The smallest absolute Gasteiger partial charge is 0.238 e. The van der Waals surface area contributed by atoms with E-state index in [9.17, 15) is 13.2 Å². The van der Waals surface area contributed by atoms with Crippen LogP contribution >= 0.6 is 0 Å². The molecule has 0 fully saturated rings. The van der Waals surface area contributed by atoms with Gasteiger partial charge in [-0.2, -0.15) is 0 Å². The molecule has 1 amide bonds. The topological polar surface area (TPSA) is 104 Å². The van der Waals surface area contributed by atoms with Crippen LogP contribution in [0.5, 0.6) is 0 Å². The van der Waals surface area contributed by atoms with Crippen LogP contribution in [-0.4, -0.2) is 36.1 Å². The minimum absolute atomic E-state index is 0.0123. The first-order valence-electron chi connectivity index (χ1n) is 6.15. The first-order chi connectivity index (χ1) is 8.85. The highest BCUT2D eigenvalue weighted by molar-refractivity contribution is 7.89. The van der Waals surface area contributed by atoms with E-state index in [1.54, 1.807) is 26.2 Å². The second-order valence-corrected chi connectivity index (χ2v) is 6.24. The molecule has 0 aromatic carbocycles. The molecule has 1 heterocycles. The highest BCUT2D eigenvalue weighted by Crippen LogP contribution is 2.05. The number of imidazole rings is 1. The fourth-order valence-electron chi connectivity index (χ4n) is 1.57. The average Bonchev–Trinajstić information content (AvgIpc) is 2.81. The van der Waals surface area contributed by atoms with Crippen molar-refractivity contribution < 1.29 is 13.2 Å². The third-order valence-electron chi connectivity index (χ3n) is 2.51. The lowest BCUT2D eigenvalue weighted by Crippen LogP contribution is -2.46. The van der Waals surface area contributed by atoms with Crippen molar-refractivity contribution in [2.24, 2.45) is 0 Å². The molecular weight excluding hydrogens is 268 g/mol. The van der Waals surface area contributed by atoms with Crippen molar-refractivity contribution in [3.63, 3.8) is 0 Å². The molecule has 0 aliphatic heterocycles. The van der Waals surface area contributed by atoms with Gasteiger partial charge >= 0.3 is 0 Å². The summed E-state index contributed by atoms with van der Waals surface area (Å²) in [5.41, 5.74) is 0. The molecule has 2 unspecified atom stereocenters. The molecule has 0 spiro atoms. The van der Waals surface area contributed by atoms with E-state index in [0.29, 0.717) is 12.2 Å². The van der Waals surface area contributed by atoms with Crippen molar-refractivity contribution in [2.75, 3.05) is 5.75 Å². The molecule has 0 radical (unpaired) electrons. The van der Waals surface area contributed by atoms with Crippen molar-refractivity contribution in [1.29, 1.82) is 0 Å². The number of amides is 1. The first-order valence-corrected chi connectivity index (χ1v) is 7.80. The minimum Gasteiger partial charge on any atom is -0.347 e. The number of rotatable bonds is 7. The summed E-state index contributed by atoms with van der Waals surface area (Å²) in [6, 6.07) is -1.12. The van der Waals surface area contributed by atoms with E-state index in [0.717, 1.165) is 0 Å². The number of carbonyl (C=O) groups is 1. The van der Waals surface area contributed by atoms with Gasteiger partial charge in [0.15, 0.2) is 0 Å². The van der Waals surface area contributed by atoms with Gasteiger partial charge in [0.05, 0.1) is 17.8 Å². The molecule has 1 aromatic heterocycles. The average molecular weight is 288 g/mol. The zero-order valence-electron chi connectivity index (χ0n) is 11.3. The maximum atomic E-state index is 11.9. The van der Waals surface area contributed by atoms with Gasteiger partial charge in [-0.25, -0.2) is 18.1 Å². The molecule has 0 aliphatic rings. The van der Waals surface area contributed by atoms with Gasteiger partial charge in [-0.15, -0.1) is 0 Å². The Morgan fingerprint density at radius 3 is 2.68 bits per heavy atom. The number of carbonyl (C=O) groups excluding carboxylic acids is 1. The Morgan fingerprint density at radius 2 is 2.16 bits per heavy atom. The zero-order valence-corrected chi connectivity index (χ0v) is 12.1. The molecule has 0 saturated heterocycles. The molecule has 7 nitrogen and oxygen atoms in total. The molecule has 3 N–H and O–H groups in total. The highest BCUT2D eigenvalue weighted by Gasteiger charge is 2.21. The lowest BCUT2D eigenvalue weighted by molar-refractivity contribution is -0.123. The molecular formula is C11H20N4O3S. The zero-order chi connectivity index (χ0) is 14.5. The molecule has 8 heteroatoms. The minimum atomic E-state index is -3.40. The molecule has 19 heavy (non-hydrogen) atoms. The van der Waals surface area contributed by atoms with Gasteiger partial charge in [0.1, 0.15) is 5.82 Å². The normalized spacial score (nSPS) is 14.9. The Bertz CT molecular complexity index is 498. The summed E-state index contributed by atoms with van der Waals surface area (Å²) in [7, 11) is -3.40. The van der Waals surface area contributed by atoms with Crippen molar-refractivity contribution in [3.05, 3.63) is 18.2 Å². The van der Waals surface area contributed by atoms with Crippen LogP contribution in [0.4, 0.5) is 0 Å². The van der Waals surface area contributed by atoms with E-state index < -0.39 is 16.1 Å². The Morgan fingerprint density at radius 1 is 1.47 bits per heavy atom. The van der Waals surface area contributed by atoms with E-state index in [2.05, 4.69) is 20.0 Å². The monoisotopic (exact) mass is 288 g/mol. The SMILES string of the molecule is CCCS(=O)(=O)NC(C)C(=O)NC(C)c1ncc[nH]1. The van der Waals surface area contributed by atoms with Crippen LogP contribution in [-0.2, 0) is 14.8 Å². The summed E-state index contributed by atoms with van der Waals surface area (Å²) in [6.45, 7) is 5.05. The van der Waals surface area contributed by atoms with E-state index in [1.807, 2.05) is 0 Å². The van der Waals surface area contributed by atoms with Gasteiger partial charge in [-0.3, -0.25) is 4.79 Å². The second-order valence-electron chi connectivity index (χ2n) is 4.36. The van der Waals surface area contributed by atoms with E-state index in [4.69, 9.17) is 0 Å². The fraction of sp³-hybridized carbons (Fsp3) is 0.636. The summed E-state index contributed by atoms with van der Waals surface area (Å²) in [5.74, 6) is 0.249. The van der Waals surface area contributed by atoms with Crippen molar-refractivity contribution in [1.82, 2.24) is 20.0 Å². The van der Waals surface area contributed by atoms with Gasteiger partial charge in [-0.1, -0.05) is 6.92 Å². The Hall–Kier alpha value is -1.41. The van der Waals surface area contributed by atoms with Crippen molar-refractivity contribution >= 4 is 15.9 Å². The fourth-order valence-corrected chi connectivity index (χ4v) is 2.87. The van der Waals surface area contributed by atoms with Crippen LogP contribution in [0, 0.1) is 0 Å². The van der Waals surface area contributed by atoms with Gasteiger partial charge in [-0.05, 0) is 20.3 Å². The van der Waals surface area contributed by atoms with Crippen LogP contribution in [0.25, 0.3) is 0 Å². The van der Waals surface area contributed by atoms with Gasteiger partial charge in [0.25, 0.3) is 0 Å². The summed E-state index contributed by atoms with van der Waals surface area (Å²) >= 11 is 0. The van der Waals surface area contributed by atoms with Crippen LogP contribution < -0.4 is 10.0 Å². The number of sulfonamides is 1. The first kappa shape index (κ1) is 15.6. The van der Waals surface area contributed by atoms with E-state index in [-0.39, 0.29) is 17.7 Å². The highest BCUT2D eigenvalue weighted by atomic mass is 32.2.